The largest absolute Gasteiger partial charge is 0.494 e. The third-order valence-corrected chi connectivity index (χ3v) is 4.43. The number of benzene rings is 2. The molecule has 0 aliphatic rings. The zero-order chi connectivity index (χ0) is 18.2. The Labute approximate surface area is 149 Å². The van der Waals surface area contributed by atoms with E-state index in [-0.39, 0.29) is 10.8 Å². The maximum absolute atomic E-state index is 5.56. The van der Waals surface area contributed by atoms with E-state index in [9.17, 15) is 0 Å². The summed E-state index contributed by atoms with van der Waals surface area (Å²) in [5.41, 5.74) is 4.19. The lowest BCUT2D eigenvalue weighted by Gasteiger charge is -2.33. The number of nitrogens with zero attached hydrogens (tertiary/aromatic N) is 3. The van der Waals surface area contributed by atoms with Crippen molar-refractivity contribution >= 4 is 11.0 Å². The van der Waals surface area contributed by atoms with Gasteiger partial charge in [0.25, 0.3) is 0 Å². The number of hydrogen-bond acceptors (Lipinski definition) is 3. The standard InChI is InChI=1S/C21H27N3O/c1-20(2,3)14-21(4,5)15-11-12-19(25-6)18(13-15)24-22-16-9-7-8-10-17(16)23-24/h7-13H,14H2,1-6H3. The van der Waals surface area contributed by atoms with E-state index in [1.807, 2.05) is 30.3 Å². The van der Waals surface area contributed by atoms with Gasteiger partial charge in [0.15, 0.2) is 0 Å². The van der Waals surface area contributed by atoms with Crippen LogP contribution in [0, 0.1) is 5.41 Å². The Morgan fingerprint density at radius 1 is 0.920 bits per heavy atom. The lowest BCUT2D eigenvalue weighted by atomic mass is 9.72. The highest BCUT2D eigenvalue weighted by Crippen LogP contribution is 2.38. The van der Waals surface area contributed by atoms with Crippen molar-refractivity contribution in [1.29, 1.82) is 0 Å². The van der Waals surface area contributed by atoms with E-state index in [0.717, 1.165) is 28.9 Å². The van der Waals surface area contributed by atoms with Crippen molar-refractivity contribution in [3.8, 4) is 11.4 Å². The third kappa shape index (κ3) is 3.68. The van der Waals surface area contributed by atoms with Crippen LogP contribution in [-0.2, 0) is 5.41 Å². The fraction of sp³-hybridized carbons (Fsp3) is 0.429. The Morgan fingerprint density at radius 2 is 1.52 bits per heavy atom. The van der Waals surface area contributed by atoms with Gasteiger partial charge in [-0.2, -0.15) is 0 Å². The molecule has 0 fully saturated rings. The van der Waals surface area contributed by atoms with E-state index in [2.05, 4.69) is 56.9 Å². The summed E-state index contributed by atoms with van der Waals surface area (Å²) in [6, 6.07) is 14.2. The van der Waals surface area contributed by atoms with Gasteiger partial charge >= 0.3 is 0 Å². The molecule has 0 aliphatic heterocycles. The summed E-state index contributed by atoms with van der Waals surface area (Å²) in [6.45, 7) is 11.4. The van der Waals surface area contributed by atoms with Gasteiger partial charge in [-0.3, -0.25) is 0 Å². The van der Waals surface area contributed by atoms with Crippen LogP contribution in [0.4, 0.5) is 0 Å². The molecule has 2 aromatic carbocycles. The van der Waals surface area contributed by atoms with Crippen LogP contribution in [-0.4, -0.2) is 22.1 Å². The zero-order valence-electron chi connectivity index (χ0n) is 16.0. The number of hydrogen-bond donors (Lipinski definition) is 0. The molecule has 1 aromatic heterocycles. The second-order valence-electron chi connectivity index (χ2n) is 8.49. The van der Waals surface area contributed by atoms with Crippen LogP contribution in [0.15, 0.2) is 42.5 Å². The van der Waals surface area contributed by atoms with Crippen molar-refractivity contribution in [3.63, 3.8) is 0 Å². The van der Waals surface area contributed by atoms with Gasteiger partial charge in [0.2, 0.25) is 0 Å². The number of ether oxygens (including phenoxy) is 1. The van der Waals surface area contributed by atoms with E-state index in [1.54, 1.807) is 11.9 Å². The lowest BCUT2D eigenvalue weighted by Crippen LogP contribution is -2.25. The average Bonchev–Trinajstić information content (AvgIpc) is 2.95. The van der Waals surface area contributed by atoms with Crippen LogP contribution in [0.2, 0.25) is 0 Å². The van der Waals surface area contributed by atoms with Gasteiger partial charge in [-0.25, -0.2) is 0 Å². The highest BCUT2D eigenvalue weighted by molar-refractivity contribution is 5.73. The van der Waals surface area contributed by atoms with Crippen LogP contribution < -0.4 is 4.74 Å². The molecule has 4 heteroatoms. The molecule has 0 spiro atoms. The molecule has 0 aliphatic carbocycles. The number of fused-ring (bicyclic) bond motifs is 1. The van der Waals surface area contributed by atoms with Crippen LogP contribution in [0.3, 0.4) is 0 Å². The minimum absolute atomic E-state index is 0.0475. The highest BCUT2D eigenvalue weighted by Gasteiger charge is 2.28. The van der Waals surface area contributed by atoms with Crippen molar-refractivity contribution < 1.29 is 4.74 Å². The fourth-order valence-electron chi connectivity index (χ4n) is 3.66. The molecule has 0 radical (unpaired) electrons. The maximum Gasteiger partial charge on any atom is 0.146 e. The molecule has 0 atom stereocenters. The Morgan fingerprint density at radius 3 is 2.04 bits per heavy atom. The molecule has 3 aromatic rings. The number of methoxy groups -OCH3 is 1. The Hall–Kier alpha value is -2.36. The van der Waals surface area contributed by atoms with E-state index >= 15 is 0 Å². The molecular formula is C21H27N3O. The first-order valence-corrected chi connectivity index (χ1v) is 8.71. The summed E-state index contributed by atoms with van der Waals surface area (Å²) < 4.78 is 5.56. The smallest absolute Gasteiger partial charge is 0.146 e. The fourth-order valence-corrected chi connectivity index (χ4v) is 3.66. The molecule has 0 amide bonds. The summed E-state index contributed by atoms with van der Waals surface area (Å²) in [6.07, 6.45) is 1.08. The predicted molar refractivity (Wildman–Crippen MR) is 103 cm³/mol. The summed E-state index contributed by atoms with van der Waals surface area (Å²) in [5.74, 6) is 0.774. The van der Waals surface area contributed by atoms with Gasteiger partial charge in [-0.1, -0.05) is 52.8 Å². The summed E-state index contributed by atoms with van der Waals surface area (Å²) >= 11 is 0. The van der Waals surface area contributed by atoms with Crippen LogP contribution in [0.25, 0.3) is 16.7 Å². The van der Waals surface area contributed by atoms with Gasteiger partial charge in [0.1, 0.15) is 22.5 Å². The second-order valence-corrected chi connectivity index (χ2v) is 8.49. The summed E-state index contributed by atoms with van der Waals surface area (Å²) in [5, 5.41) is 9.23. The van der Waals surface area contributed by atoms with Crippen LogP contribution >= 0.6 is 0 Å². The van der Waals surface area contributed by atoms with Crippen molar-refractivity contribution in [1.82, 2.24) is 15.0 Å². The predicted octanol–water partition coefficient (Wildman–Crippen LogP) is 5.14. The van der Waals surface area contributed by atoms with Gasteiger partial charge in [-0.15, -0.1) is 15.0 Å². The van der Waals surface area contributed by atoms with Crippen LogP contribution in [0.5, 0.6) is 5.75 Å². The molecule has 132 valence electrons. The van der Waals surface area contributed by atoms with Crippen molar-refractivity contribution in [2.24, 2.45) is 5.41 Å². The minimum Gasteiger partial charge on any atom is -0.494 e. The number of rotatable bonds is 4. The van der Waals surface area contributed by atoms with E-state index < -0.39 is 0 Å². The minimum atomic E-state index is 0.0475. The molecule has 25 heavy (non-hydrogen) atoms. The molecule has 1 heterocycles. The van der Waals surface area contributed by atoms with Gasteiger partial charge < -0.3 is 4.74 Å². The highest BCUT2D eigenvalue weighted by atomic mass is 16.5. The quantitative estimate of drug-likeness (QED) is 0.661. The average molecular weight is 337 g/mol. The second kappa shape index (κ2) is 6.17. The SMILES string of the molecule is COc1ccc(C(C)(C)CC(C)(C)C)cc1-n1nc2ccccc2n1. The van der Waals surface area contributed by atoms with Crippen molar-refractivity contribution in [3.05, 3.63) is 48.0 Å². The first kappa shape index (κ1) is 17.5. The van der Waals surface area contributed by atoms with Crippen molar-refractivity contribution in [2.45, 2.75) is 46.5 Å². The van der Waals surface area contributed by atoms with Gasteiger partial charge in [0.05, 0.1) is 7.11 Å². The Balaban J connectivity index is 2.09. The number of aromatic nitrogens is 3. The molecule has 0 saturated carbocycles. The van der Waals surface area contributed by atoms with E-state index in [1.165, 1.54) is 5.56 Å². The Bertz CT molecular complexity index is 855. The topological polar surface area (TPSA) is 39.9 Å². The Kier molecular flexibility index (Phi) is 4.31. The van der Waals surface area contributed by atoms with E-state index in [0.29, 0.717) is 0 Å². The monoisotopic (exact) mass is 337 g/mol. The van der Waals surface area contributed by atoms with Crippen molar-refractivity contribution in [2.75, 3.05) is 7.11 Å². The van der Waals surface area contributed by atoms with Gasteiger partial charge in [-0.05, 0) is 47.1 Å². The van der Waals surface area contributed by atoms with E-state index in [4.69, 9.17) is 4.74 Å². The molecular weight excluding hydrogens is 310 g/mol. The third-order valence-electron chi connectivity index (χ3n) is 4.43. The zero-order valence-corrected chi connectivity index (χ0v) is 16.0. The molecule has 0 unspecified atom stereocenters. The summed E-state index contributed by atoms with van der Waals surface area (Å²) in [7, 11) is 1.68. The molecule has 0 saturated heterocycles. The molecule has 0 bridgehead atoms. The molecule has 4 nitrogen and oxygen atoms in total. The molecule has 0 N–H and O–H groups in total. The molecule has 3 rings (SSSR count). The van der Waals surface area contributed by atoms with Crippen LogP contribution in [0.1, 0.15) is 46.6 Å². The normalized spacial score (nSPS) is 12.6. The lowest BCUT2D eigenvalue weighted by molar-refractivity contribution is 0.284. The maximum atomic E-state index is 5.56. The summed E-state index contributed by atoms with van der Waals surface area (Å²) in [4.78, 5) is 1.68. The first-order chi connectivity index (χ1) is 11.7. The first-order valence-electron chi connectivity index (χ1n) is 8.71. The van der Waals surface area contributed by atoms with Gasteiger partial charge in [0, 0.05) is 0 Å².